The quantitative estimate of drug-likeness (QED) is 0.751. The molecule has 0 saturated carbocycles. The molecule has 2 aromatic rings. The van der Waals surface area contributed by atoms with Gasteiger partial charge >= 0.3 is 0 Å². The number of nitrogens with zero attached hydrogens (tertiary/aromatic N) is 1. The second-order valence-corrected chi connectivity index (χ2v) is 6.47. The molecule has 0 spiro atoms. The molecule has 0 radical (unpaired) electrons. The number of hydrogen-bond donors (Lipinski definition) is 0. The van der Waals surface area contributed by atoms with Gasteiger partial charge in [-0.3, -0.25) is 14.5 Å². The van der Waals surface area contributed by atoms with Crippen molar-refractivity contribution in [3.05, 3.63) is 64.6 Å². The summed E-state index contributed by atoms with van der Waals surface area (Å²) in [6.07, 6.45) is -0.491. The lowest BCUT2D eigenvalue weighted by molar-refractivity contribution is -0.306. The van der Waals surface area contributed by atoms with Gasteiger partial charge in [-0.1, -0.05) is 46.3 Å². The van der Waals surface area contributed by atoms with Gasteiger partial charge in [-0.05, 0) is 36.2 Å². The van der Waals surface area contributed by atoms with Crippen molar-refractivity contribution in [2.24, 2.45) is 5.92 Å². The summed E-state index contributed by atoms with van der Waals surface area (Å²) in [6, 6.07) is 15.2. The maximum atomic E-state index is 12.5. The molecule has 122 valence electrons. The van der Waals surface area contributed by atoms with E-state index in [2.05, 4.69) is 15.9 Å². The third kappa shape index (κ3) is 2.97. The van der Waals surface area contributed by atoms with Crippen LogP contribution in [-0.2, 0) is 14.4 Å². The number of Topliss-reactive ketones (excluding diaryl/α,β-unsaturated/α-hetero) is 1. The third-order valence-corrected chi connectivity index (χ3v) is 4.59. The number of rotatable bonds is 4. The van der Waals surface area contributed by atoms with Crippen LogP contribution < -0.4 is 10.0 Å². The smallest absolute Gasteiger partial charge is 0.295 e. The molecule has 0 N–H and O–H groups in total. The van der Waals surface area contributed by atoms with Gasteiger partial charge in [0.1, 0.15) is 0 Å². The van der Waals surface area contributed by atoms with Crippen molar-refractivity contribution in [1.29, 1.82) is 0 Å². The maximum absolute atomic E-state index is 12.5. The van der Waals surface area contributed by atoms with Crippen molar-refractivity contribution in [3.63, 3.8) is 0 Å². The van der Waals surface area contributed by atoms with E-state index in [4.69, 9.17) is 0 Å². The van der Waals surface area contributed by atoms with Crippen LogP contribution in [-0.4, -0.2) is 17.7 Å². The highest BCUT2D eigenvalue weighted by atomic mass is 79.9. The Morgan fingerprint density at radius 3 is 2.25 bits per heavy atom. The molecule has 1 saturated heterocycles. The van der Waals surface area contributed by atoms with Crippen molar-refractivity contribution in [2.75, 3.05) is 4.90 Å². The number of benzene rings is 2. The minimum atomic E-state index is -1.35. The Balaban J connectivity index is 2.11. The Hall–Kier alpha value is -2.47. The molecule has 1 aliphatic heterocycles. The number of carbonyl (C=O) groups is 3. The number of aliphatic carboxylic acids is 1. The van der Waals surface area contributed by atoms with Crippen molar-refractivity contribution in [2.45, 2.75) is 12.5 Å². The average Bonchev–Trinajstić information content (AvgIpc) is 2.81. The van der Waals surface area contributed by atoms with Crippen LogP contribution in [0.25, 0.3) is 0 Å². The second-order valence-electron chi connectivity index (χ2n) is 5.55. The molecule has 24 heavy (non-hydrogen) atoms. The molecule has 0 aliphatic carbocycles. The Bertz CT molecular complexity index is 788. The van der Waals surface area contributed by atoms with Crippen LogP contribution in [0.5, 0.6) is 0 Å². The van der Waals surface area contributed by atoms with Gasteiger partial charge in [0.05, 0.1) is 12.0 Å². The fraction of sp³-hybridized carbons (Fsp3) is 0.167. The van der Waals surface area contributed by atoms with Gasteiger partial charge < -0.3 is 9.90 Å². The number of ketones is 1. The largest absolute Gasteiger partial charge is 0.550 e. The number of halogens is 1. The molecule has 2 atom stereocenters. The van der Waals surface area contributed by atoms with Crippen molar-refractivity contribution in [1.82, 2.24) is 0 Å². The van der Waals surface area contributed by atoms with Gasteiger partial charge in [0.25, 0.3) is 5.91 Å². The predicted octanol–water partition coefficient (Wildman–Crippen LogP) is 1.86. The zero-order valence-electron chi connectivity index (χ0n) is 12.5. The van der Waals surface area contributed by atoms with Crippen LogP contribution in [0.1, 0.15) is 18.0 Å². The molecule has 1 amide bonds. The van der Waals surface area contributed by atoms with E-state index >= 15 is 0 Å². The Morgan fingerprint density at radius 2 is 1.67 bits per heavy atom. The van der Waals surface area contributed by atoms with E-state index in [0.29, 0.717) is 11.3 Å². The lowest BCUT2D eigenvalue weighted by atomic mass is 9.90. The van der Waals surface area contributed by atoms with Crippen LogP contribution in [0, 0.1) is 5.92 Å². The van der Waals surface area contributed by atoms with Gasteiger partial charge in [-0.15, -0.1) is 0 Å². The first-order valence-corrected chi connectivity index (χ1v) is 8.16. The van der Waals surface area contributed by atoms with E-state index in [1.165, 1.54) is 4.90 Å². The van der Waals surface area contributed by atoms with Crippen molar-refractivity contribution < 1.29 is 19.5 Å². The number of anilines is 1. The van der Waals surface area contributed by atoms with E-state index in [-0.39, 0.29) is 0 Å². The third-order valence-electron chi connectivity index (χ3n) is 4.06. The lowest BCUT2D eigenvalue weighted by Gasteiger charge is -2.28. The van der Waals surface area contributed by atoms with E-state index in [1.54, 1.807) is 54.6 Å². The summed E-state index contributed by atoms with van der Waals surface area (Å²) in [4.78, 5) is 37.3. The normalized spacial score (nSPS) is 20.5. The number of para-hydroxylation sites is 1. The Morgan fingerprint density at radius 1 is 1.04 bits per heavy atom. The standard InChI is InChI=1S/C18H14BrNO4/c19-12-8-6-11(7-9-12)16-14(10-15(21)22)17(23)18(24)20(16)13-4-2-1-3-5-13/h1-9,14,16H,10H2,(H,21,22)/p-1/t14-,16+/m0/s1. The van der Waals surface area contributed by atoms with Gasteiger partial charge in [0, 0.05) is 16.1 Å². The van der Waals surface area contributed by atoms with E-state index in [1.807, 2.05) is 0 Å². The van der Waals surface area contributed by atoms with Crippen LogP contribution in [0.2, 0.25) is 0 Å². The second kappa shape index (κ2) is 6.57. The van der Waals surface area contributed by atoms with Crippen molar-refractivity contribution >= 4 is 39.3 Å². The molecule has 1 fully saturated rings. The molecular weight excluding hydrogens is 374 g/mol. The number of carboxylic acids is 1. The van der Waals surface area contributed by atoms with Crippen LogP contribution in [0.3, 0.4) is 0 Å². The molecule has 2 aromatic carbocycles. The highest BCUT2D eigenvalue weighted by Crippen LogP contribution is 2.41. The minimum absolute atomic E-state index is 0.491. The molecule has 1 aliphatic rings. The number of amides is 1. The molecular formula is C18H13BrNO4-. The highest BCUT2D eigenvalue weighted by Gasteiger charge is 2.48. The van der Waals surface area contributed by atoms with Gasteiger partial charge in [-0.2, -0.15) is 0 Å². The summed E-state index contributed by atoms with van der Waals surface area (Å²) in [5, 5.41) is 11.1. The lowest BCUT2D eigenvalue weighted by Crippen LogP contribution is -2.31. The molecule has 1 heterocycles. The first-order valence-electron chi connectivity index (χ1n) is 7.37. The summed E-state index contributed by atoms with van der Waals surface area (Å²) in [6.45, 7) is 0. The monoisotopic (exact) mass is 386 g/mol. The summed E-state index contributed by atoms with van der Waals surface area (Å²) in [5.74, 6) is -3.71. The predicted molar refractivity (Wildman–Crippen MR) is 88.9 cm³/mol. The summed E-state index contributed by atoms with van der Waals surface area (Å²) in [7, 11) is 0. The van der Waals surface area contributed by atoms with E-state index in [0.717, 1.165) is 4.47 Å². The maximum Gasteiger partial charge on any atom is 0.295 e. The van der Waals surface area contributed by atoms with Gasteiger partial charge in [0.15, 0.2) is 0 Å². The first-order chi connectivity index (χ1) is 11.5. The highest BCUT2D eigenvalue weighted by molar-refractivity contribution is 9.10. The summed E-state index contributed by atoms with van der Waals surface area (Å²) in [5.41, 5.74) is 1.26. The van der Waals surface area contributed by atoms with Crippen LogP contribution >= 0.6 is 15.9 Å². The SMILES string of the molecule is O=C([O-])C[C@@H]1C(=O)C(=O)N(c2ccccc2)[C@@H]1c1ccc(Br)cc1. The average molecular weight is 387 g/mol. The Kier molecular flexibility index (Phi) is 4.49. The number of carboxylic acid groups (broad SMARTS) is 1. The molecule has 3 rings (SSSR count). The zero-order valence-corrected chi connectivity index (χ0v) is 14.1. The topological polar surface area (TPSA) is 77.5 Å². The number of carbonyl (C=O) groups excluding carboxylic acids is 3. The zero-order chi connectivity index (χ0) is 17.3. The van der Waals surface area contributed by atoms with Gasteiger partial charge in [0.2, 0.25) is 5.78 Å². The Labute approximate surface area is 147 Å². The minimum Gasteiger partial charge on any atom is -0.550 e. The van der Waals surface area contributed by atoms with Gasteiger partial charge in [-0.25, -0.2) is 0 Å². The summed E-state index contributed by atoms with van der Waals surface area (Å²) >= 11 is 3.34. The number of hydrogen-bond acceptors (Lipinski definition) is 4. The fourth-order valence-corrected chi connectivity index (χ4v) is 3.28. The molecule has 6 heteroatoms. The van der Waals surface area contributed by atoms with Crippen molar-refractivity contribution in [3.8, 4) is 0 Å². The van der Waals surface area contributed by atoms with Crippen LogP contribution in [0.15, 0.2) is 59.1 Å². The molecule has 0 unspecified atom stereocenters. The molecule has 5 nitrogen and oxygen atoms in total. The van der Waals surface area contributed by atoms with E-state index < -0.39 is 36.0 Å². The molecule has 0 aromatic heterocycles. The van der Waals surface area contributed by atoms with E-state index in [9.17, 15) is 19.5 Å². The summed E-state index contributed by atoms with van der Waals surface area (Å²) < 4.78 is 0.851. The fourth-order valence-electron chi connectivity index (χ4n) is 3.02. The molecule has 0 bridgehead atoms. The van der Waals surface area contributed by atoms with Crippen LogP contribution in [0.4, 0.5) is 5.69 Å². The first kappa shape index (κ1) is 16.4.